The molecule has 0 bridgehead atoms. The van der Waals surface area contributed by atoms with Gasteiger partial charge in [0.25, 0.3) is 0 Å². The highest BCUT2D eigenvalue weighted by Gasteiger charge is 2.18. The summed E-state index contributed by atoms with van der Waals surface area (Å²) in [6.07, 6.45) is 23.0. The third kappa shape index (κ3) is 4.42. The molecule has 4 aromatic carbocycles. The number of hydrogen-bond acceptors (Lipinski definition) is 2. The van der Waals surface area contributed by atoms with Crippen LogP contribution in [-0.2, 0) is 0 Å². The van der Waals surface area contributed by atoms with Crippen LogP contribution in [0.2, 0.25) is 0 Å². The molecule has 0 atom stereocenters. The van der Waals surface area contributed by atoms with Crippen molar-refractivity contribution in [2.24, 2.45) is 0 Å². The van der Waals surface area contributed by atoms with Crippen molar-refractivity contribution in [1.29, 1.82) is 0 Å². The van der Waals surface area contributed by atoms with Gasteiger partial charge in [-0.15, -0.1) is 0 Å². The number of fused-ring (bicyclic) bond motifs is 2. The lowest BCUT2D eigenvalue weighted by atomic mass is 9.90. The largest absolute Gasteiger partial charge is 0.358 e. The van der Waals surface area contributed by atoms with E-state index >= 15 is 0 Å². The van der Waals surface area contributed by atoms with Crippen LogP contribution in [0.4, 0.5) is 11.4 Å². The Labute approximate surface area is 212 Å². The summed E-state index contributed by atoms with van der Waals surface area (Å²) in [5.74, 6) is 0. The van der Waals surface area contributed by atoms with Crippen LogP contribution in [0, 0.1) is 0 Å². The monoisotopic (exact) mass is 464 g/mol. The summed E-state index contributed by atoms with van der Waals surface area (Å²) >= 11 is 0. The molecule has 4 aromatic rings. The van der Waals surface area contributed by atoms with E-state index < -0.39 is 0 Å². The first-order valence-corrected chi connectivity index (χ1v) is 12.5. The Hall–Kier alpha value is -4.56. The quantitative estimate of drug-likeness (QED) is 0.307. The van der Waals surface area contributed by atoms with Crippen LogP contribution in [0.25, 0.3) is 32.7 Å². The maximum absolute atomic E-state index is 3.78. The molecule has 2 heteroatoms. The van der Waals surface area contributed by atoms with Gasteiger partial charge in [0.15, 0.2) is 0 Å². The zero-order chi connectivity index (χ0) is 24.2. The topological polar surface area (TPSA) is 24.1 Å². The van der Waals surface area contributed by atoms with E-state index in [4.69, 9.17) is 0 Å². The highest BCUT2D eigenvalue weighted by molar-refractivity contribution is 6.13. The molecule has 0 unspecified atom stereocenters. The number of anilines is 2. The van der Waals surface area contributed by atoms with E-state index in [0.717, 1.165) is 24.2 Å². The molecule has 0 aromatic heterocycles. The second-order valence-electron chi connectivity index (χ2n) is 9.09. The van der Waals surface area contributed by atoms with Gasteiger partial charge in [-0.1, -0.05) is 109 Å². The molecule has 0 radical (unpaired) electrons. The van der Waals surface area contributed by atoms with Gasteiger partial charge >= 0.3 is 0 Å². The highest BCUT2D eigenvalue weighted by atomic mass is 14.9. The molecule has 0 saturated heterocycles. The summed E-state index contributed by atoms with van der Waals surface area (Å²) in [5.41, 5.74) is 6.99. The molecule has 174 valence electrons. The van der Waals surface area contributed by atoms with E-state index in [0.29, 0.717) is 0 Å². The van der Waals surface area contributed by atoms with Gasteiger partial charge in [-0.2, -0.15) is 0 Å². The minimum absolute atomic E-state index is 0.867. The van der Waals surface area contributed by atoms with Crippen molar-refractivity contribution >= 4 is 32.9 Å². The van der Waals surface area contributed by atoms with E-state index in [9.17, 15) is 0 Å². The summed E-state index contributed by atoms with van der Waals surface area (Å²) in [6.45, 7) is 0. The van der Waals surface area contributed by atoms with Crippen LogP contribution in [0.1, 0.15) is 12.8 Å². The number of allylic oxidation sites excluding steroid dienone is 10. The summed E-state index contributed by atoms with van der Waals surface area (Å²) in [4.78, 5) is 0. The van der Waals surface area contributed by atoms with Gasteiger partial charge in [-0.3, -0.25) is 0 Å². The Balaban J connectivity index is 1.60. The fraction of sp³-hybridized carbons (Fsp3) is 0.0588. The van der Waals surface area contributed by atoms with Crippen LogP contribution in [-0.4, -0.2) is 0 Å². The first kappa shape index (κ1) is 21.9. The minimum atomic E-state index is 0.867. The van der Waals surface area contributed by atoms with Crippen molar-refractivity contribution in [2.45, 2.75) is 12.8 Å². The fourth-order valence-corrected chi connectivity index (χ4v) is 4.98. The molecule has 2 aliphatic rings. The summed E-state index contributed by atoms with van der Waals surface area (Å²) in [7, 11) is 0. The van der Waals surface area contributed by atoms with Crippen LogP contribution in [0.3, 0.4) is 0 Å². The van der Waals surface area contributed by atoms with E-state index in [-0.39, 0.29) is 0 Å². The molecule has 0 heterocycles. The SMILES string of the molecule is C1=CC=C(Nc2ccc3ccccc3c2-c2c(NC3=CC=CC=CC3)ccc3ccccc23)CC=C1. The third-order valence-electron chi connectivity index (χ3n) is 6.69. The molecule has 6 rings (SSSR count). The average Bonchev–Trinajstić information content (AvgIpc) is 3.34. The second-order valence-corrected chi connectivity index (χ2v) is 9.09. The first-order valence-electron chi connectivity index (χ1n) is 12.5. The molecule has 0 aliphatic heterocycles. The van der Waals surface area contributed by atoms with E-state index in [1.54, 1.807) is 0 Å². The lowest BCUT2D eigenvalue weighted by Crippen LogP contribution is -2.04. The summed E-state index contributed by atoms with van der Waals surface area (Å²) in [5, 5.41) is 12.5. The van der Waals surface area contributed by atoms with Crippen molar-refractivity contribution in [3.8, 4) is 11.1 Å². The smallest absolute Gasteiger partial charge is 0.0469 e. The van der Waals surface area contributed by atoms with Crippen molar-refractivity contribution < 1.29 is 0 Å². The van der Waals surface area contributed by atoms with Gasteiger partial charge in [0, 0.05) is 46.7 Å². The molecule has 2 nitrogen and oxygen atoms in total. The Morgan fingerprint density at radius 2 is 0.917 bits per heavy atom. The van der Waals surface area contributed by atoms with Gasteiger partial charge < -0.3 is 10.6 Å². The molecular formula is C34H28N2. The van der Waals surface area contributed by atoms with Gasteiger partial charge in [0.1, 0.15) is 0 Å². The average molecular weight is 465 g/mol. The predicted molar refractivity (Wildman–Crippen MR) is 156 cm³/mol. The zero-order valence-corrected chi connectivity index (χ0v) is 20.1. The van der Waals surface area contributed by atoms with Crippen molar-refractivity contribution in [3.05, 3.63) is 145 Å². The van der Waals surface area contributed by atoms with Crippen LogP contribution in [0.15, 0.2) is 145 Å². The lowest BCUT2D eigenvalue weighted by Gasteiger charge is -2.22. The molecule has 2 N–H and O–H groups in total. The normalized spacial score (nSPS) is 14.9. The maximum atomic E-state index is 3.78. The third-order valence-corrected chi connectivity index (χ3v) is 6.69. The minimum Gasteiger partial charge on any atom is -0.358 e. The molecule has 2 aliphatic carbocycles. The summed E-state index contributed by atoms with van der Waals surface area (Å²) < 4.78 is 0. The second kappa shape index (κ2) is 9.97. The number of hydrogen-bond donors (Lipinski definition) is 2. The molecule has 0 spiro atoms. The van der Waals surface area contributed by atoms with Crippen LogP contribution >= 0.6 is 0 Å². The maximum Gasteiger partial charge on any atom is 0.0469 e. The van der Waals surface area contributed by atoms with Crippen LogP contribution < -0.4 is 10.6 Å². The number of benzene rings is 4. The molecule has 0 fully saturated rings. The standard InChI is InChI=1S/C34H28N2/c1-2-6-16-27(15-5-1)35-31-23-21-25-13-9-11-19-29(25)33(31)34-30-20-12-10-14-26(30)22-24-32(34)36-28-17-7-3-4-8-18-28/h1-15,17,19-24,35-36H,16,18H2. The lowest BCUT2D eigenvalue weighted by molar-refractivity contribution is 1.22. The molecule has 0 amide bonds. The Bertz CT molecular complexity index is 1500. The molecule has 0 saturated carbocycles. The van der Waals surface area contributed by atoms with E-state index in [1.807, 2.05) is 0 Å². The Morgan fingerprint density at radius 1 is 0.444 bits per heavy atom. The number of nitrogens with one attached hydrogen (secondary N) is 2. The molecular weight excluding hydrogens is 436 g/mol. The fourth-order valence-electron chi connectivity index (χ4n) is 4.98. The highest BCUT2D eigenvalue weighted by Crippen LogP contribution is 2.44. The summed E-state index contributed by atoms with van der Waals surface area (Å²) in [6, 6.07) is 26.2. The van der Waals surface area contributed by atoms with Gasteiger partial charge in [0.05, 0.1) is 0 Å². The van der Waals surface area contributed by atoms with Gasteiger partial charge in [0.2, 0.25) is 0 Å². The van der Waals surface area contributed by atoms with Gasteiger partial charge in [-0.25, -0.2) is 0 Å². The van der Waals surface area contributed by atoms with Crippen LogP contribution in [0.5, 0.6) is 0 Å². The molecule has 36 heavy (non-hydrogen) atoms. The number of rotatable bonds is 5. The van der Waals surface area contributed by atoms with E-state index in [1.165, 1.54) is 44.1 Å². The van der Waals surface area contributed by atoms with Gasteiger partial charge in [-0.05, 0) is 45.8 Å². The van der Waals surface area contributed by atoms with Crippen molar-refractivity contribution in [2.75, 3.05) is 10.6 Å². The van der Waals surface area contributed by atoms with Crippen molar-refractivity contribution in [3.63, 3.8) is 0 Å². The van der Waals surface area contributed by atoms with E-state index in [2.05, 4.69) is 144 Å². The predicted octanol–water partition coefficient (Wildman–Crippen LogP) is 9.28. The Kier molecular flexibility index (Phi) is 6.08. The van der Waals surface area contributed by atoms with Crippen molar-refractivity contribution in [1.82, 2.24) is 0 Å². The first-order chi connectivity index (χ1) is 17.9. The zero-order valence-electron chi connectivity index (χ0n) is 20.1. The Morgan fingerprint density at radius 3 is 1.42 bits per heavy atom.